The molecule has 40 heavy (non-hydrogen) atoms. The maximum atomic E-state index is 12.5. The van der Waals surface area contributed by atoms with Crippen LogP contribution in [-0.4, -0.2) is 58.7 Å². The summed E-state index contributed by atoms with van der Waals surface area (Å²) in [5, 5.41) is 10.9. The Labute approximate surface area is 229 Å². The van der Waals surface area contributed by atoms with Crippen molar-refractivity contribution in [2.24, 2.45) is 0 Å². The lowest BCUT2D eigenvalue weighted by atomic mass is 10.0. The minimum absolute atomic E-state index is 0.214. The molecule has 0 unspecified atom stereocenters. The van der Waals surface area contributed by atoms with E-state index in [-0.39, 0.29) is 30.2 Å². The summed E-state index contributed by atoms with van der Waals surface area (Å²) in [5.41, 5.74) is 1.27. The third-order valence-electron chi connectivity index (χ3n) is 7.15. The van der Waals surface area contributed by atoms with Crippen molar-refractivity contribution >= 4 is 17.2 Å². The van der Waals surface area contributed by atoms with E-state index in [4.69, 9.17) is 9.47 Å². The van der Waals surface area contributed by atoms with Crippen molar-refractivity contribution in [1.82, 2.24) is 9.55 Å². The molecule has 1 aromatic heterocycles. The number of piperidine rings is 1. The number of halogens is 3. The molecule has 0 saturated carbocycles. The summed E-state index contributed by atoms with van der Waals surface area (Å²) in [6.07, 6.45) is -1.52. The summed E-state index contributed by atoms with van der Waals surface area (Å²) in [6, 6.07) is 14.4. The summed E-state index contributed by atoms with van der Waals surface area (Å²) < 4.78 is 54.8. The topological polar surface area (TPSA) is 95.1 Å². The molecule has 0 N–H and O–H groups in total. The number of rotatable bonds is 9. The Kier molecular flexibility index (Phi) is 7.39. The van der Waals surface area contributed by atoms with Gasteiger partial charge in [-0.3, -0.25) is 4.57 Å². The van der Waals surface area contributed by atoms with E-state index in [0.29, 0.717) is 12.3 Å². The number of alkyl halides is 3. The van der Waals surface area contributed by atoms with Crippen LogP contribution in [0.2, 0.25) is 0 Å². The van der Waals surface area contributed by atoms with Crippen LogP contribution >= 0.6 is 0 Å². The molecule has 2 aliphatic rings. The molecule has 3 aromatic rings. The smallest absolute Gasteiger partial charge is 0.489 e. The van der Waals surface area contributed by atoms with Crippen molar-refractivity contribution in [2.45, 2.75) is 51.2 Å². The van der Waals surface area contributed by atoms with Crippen LogP contribution in [-0.2, 0) is 6.54 Å². The quantitative estimate of drug-likeness (QED) is 0.253. The maximum absolute atomic E-state index is 12.5. The first kappa shape index (κ1) is 27.4. The molecule has 0 radical (unpaired) electrons. The number of benzene rings is 2. The van der Waals surface area contributed by atoms with Crippen LogP contribution in [0.25, 0.3) is 0 Å². The molecule has 0 spiro atoms. The number of hydrogen-bond acceptors (Lipinski definition) is 8. The highest BCUT2D eigenvalue weighted by Gasteiger charge is 2.41. The Balaban J connectivity index is 1.11. The molecule has 0 bridgehead atoms. The third-order valence-corrected chi connectivity index (χ3v) is 7.15. The number of nitrogens with zero attached hydrogens (tertiary/aromatic N) is 5. The summed E-state index contributed by atoms with van der Waals surface area (Å²) in [6.45, 7) is 7.01. The zero-order valence-electron chi connectivity index (χ0n) is 22.1. The van der Waals surface area contributed by atoms with Crippen molar-refractivity contribution in [1.29, 1.82) is 0 Å². The molecule has 0 aliphatic carbocycles. The number of hydrogen-bond donors (Lipinski definition) is 0. The molecule has 1 fully saturated rings. The van der Waals surface area contributed by atoms with Crippen LogP contribution < -0.4 is 24.0 Å². The van der Waals surface area contributed by atoms with Gasteiger partial charge in [0.25, 0.3) is 0 Å². The lowest BCUT2D eigenvalue weighted by Gasteiger charge is -2.40. The van der Waals surface area contributed by atoms with Gasteiger partial charge in [0, 0.05) is 42.0 Å². The van der Waals surface area contributed by atoms with Gasteiger partial charge in [0.2, 0.25) is 0 Å². The highest BCUT2D eigenvalue weighted by atomic mass is 19.4. The summed E-state index contributed by atoms with van der Waals surface area (Å²) >= 11 is 0. The highest BCUT2D eigenvalue weighted by Crippen LogP contribution is 2.33. The predicted octanol–water partition coefficient (Wildman–Crippen LogP) is 5.42. The Hall–Kier alpha value is -4.16. The minimum atomic E-state index is -4.70. The van der Waals surface area contributed by atoms with Gasteiger partial charge in [-0.05, 0) is 80.1 Å². The third kappa shape index (κ3) is 6.18. The average molecular weight is 562 g/mol. The Morgan fingerprint density at radius 1 is 1.12 bits per heavy atom. The zero-order chi connectivity index (χ0) is 28.5. The van der Waals surface area contributed by atoms with Crippen LogP contribution in [0.3, 0.4) is 0 Å². The van der Waals surface area contributed by atoms with Gasteiger partial charge >= 0.3 is 18.2 Å². The molecule has 2 aromatic carbocycles. The summed E-state index contributed by atoms with van der Waals surface area (Å²) in [7, 11) is 0. The van der Waals surface area contributed by atoms with Crippen molar-refractivity contribution in [3.05, 3.63) is 64.8 Å². The number of fused-ring (bicyclic) bond motifs is 1. The second-order valence-electron chi connectivity index (χ2n) is 10.1. The van der Waals surface area contributed by atoms with Crippen molar-refractivity contribution in [3.63, 3.8) is 0 Å². The molecule has 5 rings (SSSR count). The first-order chi connectivity index (χ1) is 19.0. The van der Waals surface area contributed by atoms with Crippen LogP contribution in [0.4, 0.5) is 30.4 Å². The molecule has 3 heterocycles. The molecule has 1 saturated heterocycles. The first-order valence-corrected chi connectivity index (χ1v) is 13.0. The fourth-order valence-electron chi connectivity index (χ4n) is 5.27. The van der Waals surface area contributed by atoms with E-state index in [1.165, 1.54) is 18.3 Å². The van der Waals surface area contributed by atoms with Crippen LogP contribution in [0.1, 0.15) is 26.7 Å². The van der Waals surface area contributed by atoms with Gasteiger partial charge in [-0.15, -0.1) is 13.2 Å². The van der Waals surface area contributed by atoms with E-state index in [9.17, 15) is 23.3 Å². The molecule has 214 valence electrons. The lowest BCUT2D eigenvalue weighted by Crippen LogP contribution is -2.45. The van der Waals surface area contributed by atoms with E-state index >= 15 is 0 Å². The highest BCUT2D eigenvalue weighted by molar-refractivity contribution is 5.52. The molecule has 10 nitrogen and oxygen atoms in total. The van der Waals surface area contributed by atoms with Crippen molar-refractivity contribution in [2.75, 3.05) is 36.0 Å². The largest absolute Gasteiger partial charge is 0.573 e. The second kappa shape index (κ2) is 10.8. The zero-order valence-corrected chi connectivity index (χ0v) is 22.1. The number of imidazole rings is 1. The SMILES string of the molecule is CCN(c1ccc(OC(F)(F)F)cc1)C1CCN(c2ccc(OC[C@@]3(C)Cn4cc([N+](=O)[O-])nc4O3)cc2)CC1. The second-order valence-corrected chi connectivity index (χ2v) is 10.1. The Bertz CT molecular complexity index is 1300. The van der Waals surface area contributed by atoms with Crippen LogP contribution in [0.15, 0.2) is 54.7 Å². The predicted molar refractivity (Wildman–Crippen MR) is 141 cm³/mol. The normalized spacial score (nSPS) is 19.2. The van der Waals surface area contributed by atoms with Gasteiger partial charge in [-0.1, -0.05) is 0 Å². The van der Waals surface area contributed by atoms with Crippen LogP contribution in [0, 0.1) is 10.1 Å². The first-order valence-electron chi connectivity index (χ1n) is 13.0. The van der Waals surface area contributed by atoms with Gasteiger partial charge < -0.3 is 34.1 Å². The number of ether oxygens (including phenoxy) is 3. The van der Waals surface area contributed by atoms with E-state index in [1.54, 1.807) is 16.7 Å². The number of nitro groups is 1. The molecule has 0 amide bonds. The van der Waals surface area contributed by atoms with Gasteiger partial charge in [0.05, 0.1) is 6.54 Å². The maximum Gasteiger partial charge on any atom is 0.573 e. The summed E-state index contributed by atoms with van der Waals surface area (Å²) in [5.74, 6) is 0.222. The molecule has 1 atom stereocenters. The van der Waals surface area contributed by atoms with E-state index in [2.05, 4.69) is 19.5 Å². The van der Waals surface area contributed by atoms with Crippen LogP contribution in [0.5, 0.6) is 17.5 Å². The van der Waals surface area contributed by atoms with Crippen molar-refractivity contribution < 1.29 is 32.3 Å². The standard InChI is InChI=1S/C27H30F3N5O5/c1-3-34(20-6-10-23(11-7-20)39-27(28,29)30)21-12-14-32(15-13-21)19-4-8-22(9-5-19)38-18-26(2)17-33-16-24(35(36)37)31-25(33)40-26/h4-11,16,21H,3,12-15,17-18H2,1-2H3/t26-/m1/s1. The Morgan fingerprint density at radius 2 is 1.77 bits per heavy atom. The number of aromatic nitrogens is 2. The molecule has 2 aliphatic heterocycles. The summed E-state index contributed by atoms with van der Waals surface area (Å²) in [4.78, 5) is 18.8. The average Bonchev–Trinajstić information content (AvgIpc) is 3.44. The van der Waals surface area contributed by atoms with Gasteiger partial charge in [-0.25, -0.2) is 0 Å². The van der Waals surface area contributed by atoms with Gasteiger partial charge in [0.15, 0.2) is 5.60 Å². The number of anilines is 2. The minimum Gasteiger partial charge on any atom is -0.489 e. The monoisotopic (exact) mass is 561 g/mol. The molecular formula is C27H30F3N5O5. The van der Waals surface area contributed by atoms with E-state index in [1.807, 2.05) is 38.1 Å². The molecular weight excluding hydrogens is 531 g/mol. The fraction of sp³-hybridized carbons (Fsp3) is 0.444. The van der Waals surface area contributed by atoms with E-state index in [0.717, 1.165) is 43.9 Å². The van der Waals surface area contributed by atoms with Crippen molar-refractivity contribution in [3.8, 4) is 17.5 Å². The van der Waals surface area contributed by atoms with Gasteiger partial charge in [-0.2, -0.15) is 0 Å². The fourth-order valence-corrected chi connectivity index (χ4v) is 5.27. The van der Waals surface area contributed by atoms with E-state index < -0.39 is 16.9 Å². The molecule has 13 heteroatoms. The lowest BCUT2D eigenvalue weighted by molar-refractivity contribution is -0.389. The van der Waals surface area contributed by atoms with Gasteiger partial charge in [0.1, 0.15) is 24.3 Å². The Morgan fingerprint density at radius 3 is 2.35 bits per heavy atom.